The van der Waals surface area contributed by atoms with Crippen molar-refractivity contribution in [2.45, 2.75) is 64.9 Å². The summed E-state index contributed by atoms with van der Waals surface area (Å²) in [7, 11) is 0. The molecule has 1 N–H and O–H groups in total. The topological polar surface area (TPSA) is 93.4 Å². The number of nitrogens with zero attached hydrogens (tertiary/aromatic N) is 4. The van der Waals surface area contributed by atoms with Crippen LogP contribution in [-0.2, 0) is 10.2 Å². The molecule has 1 amide bonds. The van der Waals surface area contributed by atoms with E-state index in [4.69, 9.17) is 9.26 Å². The minimum absolute atomic E-state index is 0.00207. The van der Waals surface area contributed by atoms with Crippen LogP contribution in [0, 0.1) is 0 Å². The molecule has 1 aliphatic heterocycles. The van der Waals surface area contributed by atoms with E-state index >= 15 is 0 Å². The van der Waals surface area contributed by atoms with E-state index in [1.54, 1.807) is 11.1 Å². The summed E-state index contributed by atoms with van der Waals surface area (Å²) in [6.07, 6.45) is 2.18. The van der Waals surface area contributed by atoms with Gasteiger partial charge in [0, 0.05) is 30.5 Å². The summed E-state index contributed by atoms with van der Waals surface area (Å²) in [4.78, 5) is 23.1. The Morgan fingerprint density at radius 2 is 1.94 bits per heavy atom. The first-order valence-electron chi connectivity index (χ1n) is 11.6. The van der Waals surface area contributed by atoms with Crippen LogP contribution in [0.2, 0.25) is 0 Å². The van der Waals surface area contributed by atoms with Crippen LogP contribution in [0.25, 0.3) is 11.4 Å². The second-order valence-electron chi connectivity index (χ2n) is 10.8. The summed E-state index contributed by atoms with van der Waals surface area (Å²) in [6.45, 7) is 13.3. The number of carbonyl (C=O) groups is 1. The van der Waals surface area contributed by atoms with Crippen LogP contribution >= 0.6 is 0 Å². The third-order valence-electron chi connectivity index (χ3n) is 5.65. The molecule has 3 aromatic rings. The molecule has 8 nitrogen and oxygen atoms in total. The molecule has 34 heavy (non-hydrogen) atoms. The molecule has 1 aliphatic rings. The lowest BCUT2D eigenvalue weighted by Crippen LogP contribution is -2.35. The average Bonchev–Trinajstić information content (AvgIpc) is 3.43. The highest BCUT2D eigenvalue weighted by atomic mass is 16.6. The maximum absolute atomic E-state index is 12.3. The van der Waals surface area contributed by atoms with Gasteiger partial charge in [-0.3, -0.25) is 0 Å². The smallest absolute Gasteiger partial charge is 0.410 e. The largest absolute Gasteiger partial charge is 0.444 e. The maximum Gasteiger partial charge on any atom is 0.410 e. The van der Waals surface area contributed by atoms with E-state index in [2.05, 4.69) is 53.3 Å². The average molecular weight is 464 g/mol. The summed E-state index contributed by atoms with van der Waals surface area (Å²) >= 11 is 0. The molecule has 3 heterocycles. The number of nitrogens with one attached hydrogen (secondary N) is 1. The lowest BCUT2D eigenvalue weighted by atomic mass is 9.87. The number of hydrogen-bond donors (Lipinski definition) is 1. The molecular formula is C26H33N5O3. The molecule has 2 aromatic heterocycles. The molecule has 0 unspecified atom stereocenters. The van der Waals surface area contributed by atoms with E-state index in [1.807, 2.05) is 45.0 Å². The first-order valence-corrected chi connectivity index (χ1v) is 11.6. The number of hydrogen-bond acceptors (Lipinski definition) is 7. The molecule has 8 heteroatoms. The number of aromatic nitrogens is 3. The lowest BCUT2D eigenvalue weighted by Gasteiger charge is -2.24. The SMILES string of the molecule is CC(C)(C)OC(=O)N1CC[C@@H](c2nc(-c3ccc(Nc4cccc(C(C)(C)C)c4)nc3)no2)C1. The highest BCUT2D eigenvalue weighted by molar-refractivity contribution is 5.68. The van der Waals surface area contributed by atoms with Gasteiger partial charge in [0.2, 0.25) is 11.7 Å². The molecule has 1 aromatic carbocycles. The molecule has 0 bridgehead atoms. The normalized spacial score (nSPS) is 16.5. The number of carbonyl (C=O) groups excluding carboxylic acids is 1. The summed E-state index contributed by atoms with van der Waals surface area (Å²) in [5.74, 6) is 1.75. The molecule has 0 radical (unpaired) electrons. The van der Waals surface area contributed by atoms with Crippen LogP contribution in [0.5, 0.6) is 0 Å². The molecule has 0 spiro atoms. The summed E-state index contributed by atoms with van der Waals surface area (Å²) in [5.41, 5.74) is 2.58. The van der Waals surface area contributed by atoms with Gasteiger partial charge >= 0.3 is 6.09 Å². The van der Waals surface area contributed by atoms with Crippen molar-refractivity contribution in [2.75, 3.05) is 18.4 Å². The van der Waals surface area contributed by atoms with E-state index in [1.165, 1.54) is 5.56 Å². The number of rotatable bonds is 4. The number of amides is 1. The number of likely N-dealkylation sites (tertiary alicyclic amines) is 1. The first kappa shape index (κ1) is 23.7. The second-order valence-corrected chi connectivity index (χ2v) is 10.8. The van der Waals surface area contributed by atoms with Crippen molar-refractivity contribution in [3.8, 4) is 11.4 Å². The van der Waals surface area contributed by atoms with Crippen LogP contribution in [0.1, 0.15) is 65.3 Å². The molecule has 0 aliphatic carbocycles. The Hall–Kier alpha value is -3.42. The zero-order valence-electron chi connectivity index (χ0n) is 20.8. The fourth-order valence-corrected chi connectivity index (χ4v) is 3.78. The summed E-state index contributed by atoms with van der Waals surface area (Å²) in [5, 5.41) is 7.48. The molecule has 1 atom stereocenters. The Bertz CT molecular complexity index is 1140. The fraction of sp³-hybridized carbons (Fsp3) is 0.462. The molecule has 180 valence electrons. The van der Waals surface area contributed by atoms with Crippen LogP contribution in [-0.4, -0.2) is 44.8 Å². The Balaban J connectivity index is 1.39. The van der Waals surface area contributed by atoms with E-state index in [0.29, 0.717) is 24.8 Å². The quantitative estimate of drug-likeness (QED) is 0.515. The Morgan fingerprint density at radius 1 is 1.15 bits per heavy atom. The van der Waals surface area contributed by atoms with Gasteiger partial charge in [-0.25, -0.2) is 9.78 Å². The van der Waals surface area contributed by atoms with E-state index in [-0.39, 0.29) is 17.4 Å². The Labute approximate surface area is 200 Å². The van der Waals surface area contributed by atoms with Crippen LogP contribution in [0.4, 0.5) is 16.3 Å². The van der Waals surface area contributed by atoms with Crippen molar-refractivity contribution < 1.29 is 14.1 Å². The van der Waals surface area contributed by atoms with Gasteiger partial charge in [0.1, 0.15) is 11.4 Å². The molecule has 0 saturated carbocycles. The van der Waals surface area contributed by atoms with Crippen molar-refractivity contribution in [3.63, 3.8) is 0 Å². The lowest BCUT2D eigenvalue weighted by molar-refractivity contribution is 0.0291. The molecule has 1 fully saturated rings. The minimum atomic E-state index is -0.518. The molecule has 1 saturated heterocycles. The first-order chi connectivity index (χ1) is 16.0. The van der Waals surface area contributed by atoms with Crippen molar-refractivity contribution >= 4 is 17.6 Å². The zero-order valence-corrected chi connectivity index (χ0v) is 20.8. The van der Waals surface area contributed by atoms with Crippen molar-refractivity contribution in [2.24, 2.45) is 0 Å². The van der Waals surface area contributed by atoms with Crippen molar-refractivity contribution in [3.05, 3.63) is 54.0 Å². The number of benzene rings is 1. The summed E-state index contributed by atoms with van der Waals surface area (Å²) < 4.78 is 11.0. The van der Waals surface area contributed by atoms with Gasteiger partial charge in [0.05, 0.1) is 5.92 Å². The number of pyridine rings is 1. The minimum Gasteiger partial charge on any atom is -0.444 e. The van der Waals surface area contributed by atoms with Gasteiger partial charge in [-0.05, 0) is 62.4 Å². The number of anilines is 2. The van der Waals surface area contributed by atoms with Crippen LogP contribution in [0.3, 0.4) is 0 Å². The van der Waals surface area contributed by atoms with Crippen LogP contribution < -0.4 is 5.32 Å². The van der Waals surface area contributed by atoms with Crippen molar-refractivity contribution in [1.82, 2.24) is 20.0 Å². The fourth-order valence-electron chi connectivity index (χ4n) is 3.78. The van der Waals surface area contributed by atoms with Crippen molar-refractivity contribution in [1.29, 1.82) is 0 Å². The van der Waals surface area contributed by atoms with E-state index < -0.39 is 5.60 Å². The predicted molar refractivity (Wildman–Crippen MR) is 131 cm³/mol. The summed E-state index contributed by atoms with van der Waals surface area (Å²) in [6, 6.07) is 12.2. The predicted octanol–water partition coefficient (Wildman–Crippen LogP) is 5.90. The van der Waals surface area contributed by atoms with Crippen LogP contribution in [0.15, 0.2) is 47.1 Å². The maximum atomic E-state index is 12.3. The van der Waals surface area contributed by atoms with Gasteiger partial charge in [-0.2, -0.15) is 4.98 Å². The molecule has 4 rings (SSSR count). The Kier molecular flexibility index (Phi) is 6.34. The highest BCUT2D eigenvalue weighted by Crippen LogP contribution is 2.29. The highest BCUT2D eigenvalue weighted by Gasteiger charge is 2.33. The van der Waals surface area contributed by atoms with E-state index in [0.717, 1.165) is 23.5 Å². The zero-order chi connectivity index (χ0) is 24.5. The third-order valence-corrected chi connectivity index (χ3v) is 5.65. The van der Waals surface area contributed by atoms with Gasteiger partial charge in [-0.1, -0.05) is 38.1 Å². The number of ether oxygens (including phenoxy) is 1. The molecular weight excluding hydrogens is 430 g/mol. The van der Waals surface area contributed by atoms with Gasteiger partial charge in [0.15, 0.2) is 0 Å². The standard InChI is InChI=1S/C26H33N5O3/c1-25(2,3)19-8-7-9-20(14-19)28-21-11-10-17(15-27-21)22-29-23(34-30-22)18-12-13-31(16-18)24(32)33-26(4,5)6/h7-11,14-15,18H,12-13,16H2,1-6H3,(H,27,28)/t18-/m1/s1. The second kappa shape index (κ2) is 9.08. The monoisotopic (exact) mass is 463 g/mol. The van der Waals surface area contributed by atoms with Gasteiger partial charge < -0.3 is 19.5 Å². The third kappa shape index (κ3) is 5.73. The van der Waals surface area contributed by atoms with Gasteiger partial charge in [-0.15, -0.1) is 0 Å². The Morgan fingerprint density at radius 3 is 2.62 bits per heavy atom. The van der Waals surface area contributed by atoms with Gasteiger partial charge in [0.25, 0.3) is 0 Å². The van der Waals surface area contributed by atoms with E-state index in [9.17, 15) is 4.79 Å².